The molecule has 0 saturated heterocycles. The van der Waals surface area contributed by atoms with Gasteiger partial charge in [-0.25, -0.2) is 13.2 Å². The average molecular weight is 352 g/mol. The molecule has 3 heteroatoms. The Hall–Kier alpha value is -0.990. The van der Waals surface area contributed by atoms with Crippen LogP contribution in [-0.2, 0) is 0 Å². The lowest BCUT2D eigenvalue weighted by molar-refractivity contribution is 0.155. The highest BCUT2D eigenvalue weighted by atomic mass is 19.2. The fourth-order valence-electron chi connectivity index (χ4n) is 5.20. The molecule has 0 unspecified atom stereocenters. The van der Waals surface area contributed by atoms with Gasteiger partial charge in [-0.2, -0.15) is 0 Å². The molecule has 3 rings (SSSR count). The summed E-state index contributed by atoms with van der Waals surface area (Å²) in [6.07, 6.45) is 13.5. The highest BCUT2D eigenvalue weighted by Crippen LogP contribution is 2.45. The minimum Gasteiger partial charge on any atom is -0.204 e. The van der Waals surface area contributed by atoms with Crippen LogP contribution in [0.25, 0.3) is 0 Å². The summed E-state index contributed by atoms with van der Waals surface area (Å²) in [6, 6.07) is 2.51. The first kappa shape index (κ1) is 18.8. The lowest BCUT2D eigenvalue weighted by atomic mass is 9.68. The van der Waals surface area contributed by atoms with Crippen molar-refractivity contribution >= 4 is 0 Å². The molecule has 0 nitrogen and oxygen atoms in total. The quantitative estimate of drug-likeness (QED) is 0.485. The fourth-order valence-corrected chi connectivity index (χ4v) is 5.20. The molecule has 0 atom stereocenters. The summed E-state index contributed by atoms with van der Waals surface area (Å²) in [5.41, 5.74) is 0.376. The van der Waals surface area contributed by atoms with Gasteiger partial charge in [0.05, 0.1) is 0 Å². The van der Waals surface area contributed by atoms with Crippen LogP contribution in [0.5, 0.6) is 0 Å². The Kier molecular flexibility index (Phi) is 6.46. The largest absolute Gasteiger partial charge is 0.204 e. The summed E-state index contributed by atoms with van der Waals surface area (Å²) in [4.78, 5) is 0. The smallest absolute Gasteiger partial charge is 0.194 e. The third-order valence-electron chi connectivity index (χ3n) is 6.80. The van der Waals surface area contributed by atoms with Crippen LogP contribution in [0.4, 0.5) is 13.2 Å². The molecular formula is C22H31F3. The second-order valence-electron chi connectivity index (χ2n) is 8.30. The van der Waals surface area contributed by atoms with Crippen molar-refractivity contribution in [1.82, 2.24) is 0 Å². The lowest BCUT2D eigenvalue weighted by Crippen LogP contribution is -2.25. The molecule has 2 aliphatic carbocycles. The number of halogens is 3. The maximum atomic E-state index is 14.0. The summed E-state index contributed by atoms with van der Waals surface area (Å²) in [5, 5.41) is 0. The van der Waals surface area contributed by atoms with E-state index in [4.69, 9.17) is 0 Å². The standard InChI is InChI=1S/C22H31F3/c1-2-3-4-15-5-7-16(8-6-15)17-9-11-18(12-10-17)19-13-14-20(23)22(25)21(19)24/h13-18H,2-12H2,1H3/t15-,16-,17?,18?. The van der Waals surface area contributed by atoms with E-state index in [9.17, 15) is 13.2 Å². The number of benzene rings is 1. The number of rotatable bonds is 5. The zero-order valence-corrected chi connectivity index (χ0v) is 15.4. The predicted octanol–water partition coefficient (Wildman–Crippen LogP) is 7.37. The highest BCUT2D eigenvalue weighted by Gasteiger charge is 2.32. The second kappa shape index (κ2) is 8.60. The Balaban J connectivity index is 1.50. The minimum absolute atomic E-state index is 0.0484. The van der Waals surface area contributed by atoms with Crippen LogP contribution in [-0.4, -0.2) is 0 Å². The molecule has 2 aliphatic rings. The van der Waals surface area contributed by atoms with Gasteiger partial charge in [0.1, 0.15) is 0 Å². The van der Waals surface area contributed by atoms with Gasteiger partial charge in [0, 0.05) is 0 Å². The third kappa shape index (κ3) is 4.41. The minimum atomic E-state index is -1.31. The van der Waals surface area contributed by atoms with Gasteiger partial charge in [0.15, 0.2) is 17.5 Å². The van der Waals surface area contributed by atoms with E-state index < -0.39 is 17.5 Å². The molecule has 0 radical (unpaired) electrons. The molecule has 0 aliphatic heterocycles. The normalized spacial score (nSPS) is 30.4. The molecule has 0 N–H and O–H groups in total. The van der Waals surface area contributed by atoms with E-state index in [0.717, 1.165) is 49.5 Å². The molecule has 1 aromatic carbocycles. The molecule has 2 saturated carbocycles. The molecule has 2 fully saturated rings. The summed E-state index contributed by atoms with van der Waals surface area (Å²) in [5.74, 6) is -0.818. The van der Waals surface area contributed by atoms with E-state index in [1.165, 1.54) is 51.0 Å². The van der Waals surface area contributed by atoms with Gasteiger partial charge in [-0.3, -0.25) is 0 Å². The van der Waals surface area contributed by atoms with Crippen LogP contribution in [0.1, 0.15) is 89.0 Å². The molecule has 0 bridgehead atoms. The van der Waals surface area contributed by atoms with E-state index in [0.29, 0.717) is 5.56 Å². The Bertz CT molecular complexity index is 553. The fraction of sp³-hybridized carbons (Fsp3) is 0.727. The Morgan fingerprint density at radius 3 is 2.00 bits per heavy atom. The average Bonchev–Trinajstić information content (AvgIpc) is 2.65. The zero-order chi connectivity index (χ0) is 17.8. The zero-order valence-electron chi connectivity index (χ0n) is 15.4. The number of hydrogen-bond acceptors (Lipinski definition) is 0. The Morgan fingerprint density at radius 1 is 0.800 bits per heavy atom. The topological polar surface area (TPSA) is 0 Å². The molecular weight excluding hydrogens is 321 g/mol. The summed E-state index contributed by atoms with van der Waals surface area (Å²) < 4.78 is 40.6. The van der Waals surface area contributed by atoms with Crippen molar-refractivity contribution in [3.05, 3.63) is 35.1 Å². The van der Waals surface area contributed by atoms with Gasteiger partial charge in [0.2, 0.25) is 0 Å². The van der Waals surface area contributed by atoms with Crippen LogP contribution < -0.4 is 0 Å². The molecule has 140 valence electrons. The van der Waals surface area contributed by atoms with Crippen molar-refractivity contribution in [3.63, 3.8) is 0 Å². The van der Waals surface area contributed by atoms with Crippen molar-refractivity contribution in [2.75, 3.05) is 0 Å². The SMILES string of the molecule is CCCC[C@H]1CC[C@H](C2CCC(c3ccc(F)c(F)c3F)CC2)CC1. The van der Waals surface area contributed by atoms with E-state index in [-0.39, 0.29) is 5.92 Å². The molecule has 0 aromatic heterocycles. The summed E-state index contributed by atoms with van der Waals surface area (Å²) in [6.45, 7) is 2.26. The van der Waals surface area contributed by atoms with E-state index >= 15 is 0 Å². The first-order valence-electron chi connectivity index (χ1n) is 10.2. The maximum absolute atomic E-state index is 14.0. The van der Waals surface area contributed by atoms with Gasteiger partial charge in [-0.15, -0.1) is 0 Å². The van der Waals surface area contributed by atoms with Crippen LogP contribution >= 0.6 is 0 Å². The predicted molar refractivity (Wildman–Crippen MR) is 96.0 cm³/mol. The summed E-state index contributed by atoms with van der Waals surface area (Å²) >= 11 is 0. The van der Waals surface area contributed by atoms with Crippen molar-refractivity contribution in [2.45, 2.75) is 83.5 Å². The Labute approximate surface area is 150 Å². The molecule has 1 aromatic rings. The molecule has 25 heavy (non-hydrogen) atoms. The number of hydrogen-bond donors (Lipinski definition) is 0. The third-order valence-corrected chi connectivity index (χ3v) is 6.80. The first-order valence-corrected chi connectivity index (χ1v) is 10.2. The first-order chi connectivity index (χ1) is 12.1. The van der Waals surface area contributed by atoms with Crippen LogP contribution in [0.3, 0.4) is 0 Å². The maximum Gasteiger partial charge on any atom is 0.194 e. The van der Waals surface area contributed by atoms with Gasteiger partial charge < -0.3 is 0 Å². The van der Waals surface area contributed by atoms with Gasteiger partial charge in [-0.1, -0.05) is 45.1 Å². The van der Waals surface area contributed by atoms with Crippen molar-refractivity contribution in [3.8, 4) is 0 Å². The molecule has 0 heterocycles. The van der Waals surface area contributed by atoms with Crippen LogP contribution in [0.15, 0.2) is 12.1 Å². The van der Waals surface area contributed by atoms with Crippen LogP contribution in [0, 0.1) is 35.2 Å². The van der Waals surface area contributed by atoms with Gasteiger partial charge in [-0.05, 0) is 73.8 Å². The van der Waals surface area contributed by atoms with E-state index in [1.807, 2.05) is 0 Å². The molecule has 0 amide bonds. The van der Waals surface area contributed by atoms with Gasteiger partial charge >= 0.3 is 0 Å². The molecule has 0 spiro atoms. The summed E-state index contributed by atoms with van der Waals surface area (Å²) in [7, 11) is 0. The van der Waals surface area contributed by atoms with E-state index in [2.05, 4.69) is 6.92 Å². The Morgan fingerprint density at radius 2 is 1.40 bits per heavy atom. The lowest BCUT2D eigenvalue weighted by Gasteiger charge is -2.38. The van der Waals surface area contributed by atoms with E-state index in [1.54, 1.807) is 0 Å². The van der Waals surface area contributed by atoms with Crippen molar-refractivity contribution in [1.29, 1.82) is 0 Å². The van der Waals surface area contributed by atoms with Crippen molar-refractivity contribution < 1.29 is 13.2 Å². The van der Waals surface area contributed by atoms with Crippen LogP contribution in [0.2, 0.25) is 0 Å². The van der Waals surface area contributed by atoms with Crippen molar-refractivity contribution in [2.24, 2.45) is 17.8 Å². The monoisotopic (exact) mass is 352 g/mol. The number of unbranched alkanes of at least 4 members (excludes halogenated alkanes) is 1. The highest BCUT2D eigenvalue weighted by molar-refractivity contribution is 5.24. The van der Waals surface area contributed by atoms with Gasteiger partial charge in [0.25, 0.3) is 0 Å². The second-order valence-corrected chi connectivity index (χ2v) is 8.30.